The lowest BCUT2D eigenvalue weighted by atomic mass is 10.2. The van der Waals surface area contributed by atoms with Crippen LogP contribution in [0.1, 0.15) is 6.92 Å². The first-order valence-corrected chi connectivity index (χ1v) is 6.26. The number of rotatable bonds is 5. The van der Waals surface area contributed by atoms with Crippen molar-refractivity contribution in [3.63, 3.8) is 0 Å². The lowest BCUT2D eigenvalue weighted by molar-refractivity contribution is 0.155. The third-order valence-electron chi connectivity index (χ3n) is 2.00. The first kappa shape index (κ1) is 13.0. The van der Waals surface area contributed by atoms with Crippen LogP contribution in [0.15, 0.2) is 29.4 Å². The van der Waals surface area contributed by atoms with Gasteiger partial charge in [-0.15, -0.1) is 0 Å². The van der Waals surface area contributed by atoms with Crippen LogP contribution in [-0.2, 0) is 10.0 Å². The summed E-state index contributed by atoms with van der Waals surface area (Å²) in [6, 6.07) is 4.08. The van der Waals surface area contributed by atoms with Gasteiger partial charge < -0.3 is 10.8 Å². The average Bonchev–Trinajstić information content (AvgIpc) is 2.27. The topological polar surface area (TPSA) is 105 Å². The molecule has 0 unspecified atom stereocenters. The SMILES string of the molecule is C[C@H](N)[C@@H](O)CNS(=O)(=O)c1ccccn1. The molecule has 0 aliphatic carbocycles. The smallest absolute Gasteiger partial charge is 0.258 e. The van der Waals surface area contributed by atoms with Crippen LogP contribution in [0.3, 0.4) is 0 Å². The van der Waals surface area contributed by atoms with E-state index >= 15 is 0 Å². The molecule has 2 atom stereocenters. The van der Waals surface area contributed by atoms with Crippen LogP contribution >= 0.6 is 0 Å². The summed E-state index contributed by atoms with van der Waals surface area (Å²) >= 11 is 0. The van der Waals surface area contributed by atoms with E-state index in [1.54, 1.807) is 19.1 Å². The van der Waals surface area contributed by atoms with Crippen molar-refractivity contribution in [2.75, 3.05) is 6.54 Å². The van der Waals surface area contributed by atoms with Gasteiger partial charge in [-0.3, -0.25) is 0 Å². The monoisotopic (exact) mass is 245 g/mol. The van der Waals surface area contributed by atoms with Crippen LogP contribution < -0.4 is 10.5 Å². The second-order valence-corrected chi connectivity index (χ2v) is 5.16. The van der Waals surface area contributed by atoms with Gasteiger partial charge >= 0.3 is 0 Å². The Labute approximate surface area is 94.6 Å². The van der Waals surface area contributed by atoms with Crippen molar-refractivity contribution in [1.82, 2.24) is 9.71 Å². The van der Waals surface area contributed by atoms with Crippen LogP contribution in [-0.4, -0.2) is 37.2 Å². The molecule has 0 fully saturated rings. The summed E-state index contributed by atoms with van der Waals surface area (Å²) in [5.41, 5.74) is 5.40. The number of aromatic nitrogens is 1. The Kier molecular flexibility index (Phi) is 4.36. The number of hydrogen-bond donors (Lipinski definition) is 3. The molecule has 0 saturated heterocycles. The molecule has 1 aromatic heterocycles. The maximum Gasteiger partial charge on any atom is 0.258 e. The molecular formula is C9H15N3O3S. The average molecular weight is 245 g/mol. The molecule has 16 heavy (non-hydrogen) atoms. The summed E-state index contributed by atoms with van der Waals surface area (Å²) in [7, 11) is -3.67. The minimum Gasteiger partial charge on any atom is -0.390 e. The van der Waals surface area contributed by atoms with Crippen molar-refractivity contribution in [3.05, 3.63) is 24.4 Å². The molecule has 1 heterocycles. The van der Waals surface area contributed by atoms with Gasteiger partial charge in [0.2, 0.25) is 0 Å². The summed E-state index contributed by atoms with van der Waals surface area (Å²) in [6.45, 7) is 1.47. The summed E-state index contributed by atoms with van der Waals surface area (Å²) in [5, 5.41) is 9.29. The Morgan fingerprint density at radius 2 is 2.25 bits per heavy atom. The largest absolute Gasteiger partial charge is 0.390 e. The quantitative estimate of drug-likeness (QED) is 0.621. The zero-order valence-electron chi connectivity index (χ0n) is 8.87. The molecule has 1 aromatic rings. The Bertz CT molecular complexity index is 419. The third-order valence-corrected chi connectivity index (χ3v) is 3.34. The van der Waals surface area contributed by atoms with Crippen molar-refractivity contribution in [2.24, 2.45) is 5.73 Å². The van der Waals surface area contributed by atoms with Crippen LogP contribution in [0.2, 0.25) is 0 Å². The van der Waals surface area contributed by atoms with Crippen LogP contribution in [0, 0.1) is 0 Å². The van der Waals surface area contributed by atoms with Gasteiger partial charge in [0.05, 0.1) is 6.10 Å². The highest BCUT2D eigenvalue weighted by Crippen LogP contribution is 2.03. The zero-order chi connectivity index (χ0) is 12.2. The van der Waals surface area contributed by atoms with Crippen LogP contribution in [0.5, 0.6) is 0 Å². The maximum atomic E-state index is 11.6. The Balaban J connectivity index is 2.67. The standard InChI is InChI=1S/C9H15N3O3S/c1-7(10)8(13)6-12-16(14,15)9-4-2-3-5-11-9/h2-5,7-8,12-13H,6,10H2,1H3/t7-,8-/m0/s1. The number of aliphatic hydroxyl groups is 1. The molecule has 90 valence electrons. The van der Waals surface area contributed by atoms with Gasteiger partial charge in [0.25, 0.3) is 10.0 Å². The zero-order valence-corrected chi connectivity index (χ0v) is 9.68. The highest BCUT2D eigenvalue weighted by molar-refractivity contribution is 7.89. The molecule has 7 heteroatoms. The van der Waals surface area contributed by atoms with Crippen molar-refractivity contribution in [3.8, 4) is 0 Å². The van der Waals surface area contributed by atoms with Crippen molar-refractivity contribution < 1.29 is 13.5 Å². The number of sulfonamides is 1. The van der Waals surface area contributed by atoms with Gasteiger partial charge in [-0.2, -0.15) is 0 Å². The highest BCUT2D eigenvalue weighted by Gasteiger charge is 2.18. The van der Waals surface area contributed by atoms with Gasteiger partial charge in [0, 0.05) is 18.8 Å². The predicted molar refractivity (Wildman–Crippen MR) is 59.1 cm³/mol. The highest BCUT2D eigenvalue weighted by atomic mass is 32.2. The molecule has 0 spiro atoms. The Hall–Kier alpha value is -1.02. The number of nitrogens with two attached hydrogens (primary N) is 1. The van der Waals surface area contributed by atoms with Gasteiger partial charge in [-0.1, -0.05) is 6.07 Å². The van der Waals surface area contributed by atoms with Gasteiger partial charge in [0.1, 0.15) is 0 Å². The predicted octanol–water partition coefficient (Wildman–Crippen LogP) is -0.932. The number of pyridine rings is 1. The molecule has 0 bridgehead atoms. The van der Waals surface area contributed by atoms with E-state index in [-0.39, 0.29) is 11.6 Å². The molecule has 0 saturated carbocycles. The molecule has 0 radical (unpaired) electrons. The summed E-state index contributed by atoms with van der Waals surface area (Å²) in [4.78, 5) is 3.71. The van der Waals surface area contributed by atoms with Crippen molar-refractivity contribution in [2.45, 2.75) is 24.1 Å². The molecule has 0 aliphatic heterocycles. The van der Waals surface area contributed by atoms with E-state index in [0.29, 0.717) is 0 Å². The van der Waals surface area contributed by atoms with E-state index in [1.807, 2.05) is 0 Å². The normalized spacial score (nSPS) is 15.7. The van der Waals surface area contributed by atoms with Crippen LogP contribution in [0.4, 0.5) is 0 Å². The molecule has 0 amide bonds. The second kappa shape index (κ2) is 5.35. The minimum atomic E-state index is -3.67. The number of nitrogens with zero attached hydrogens (tertiary/aromatic N) is 1. The van der Waals surface area contributed by atoms with Crippen LogP contribution in [0.25, 0.3) is 0 Å². The lowest BCUT2D eigenvalue weighted by Gasteiger charge is -2.14. The van der Waals surface area contributed by atoms with E-state index in [2.05, 4.69) is 9.71 Å². The molecule has 0 aromatic carbocycles. The molecule has 6 nitrogen and oxygen atoms in total. The fraction of sp³-hybridized carbons (Fsp3) is 0.444. The summed E-state index contributed by atoms with van der Waals surface area (Å²) < 4.78 is 25.5. The van der Waals surface area contributed by atoms with E-state index in [1.165, 1.54) is 12.3 Å². The van der Waals surface area contributed by atoms with E-state index in [0.717, 1.165) is 0 Å². The number of hydrogen-bond acceptors (Lipinski definition) is 5. The first-order valence-electron chi connectivity index (χ1n) is 4.78. The molecule has 1 rings (SSSR count). The van der Waals surface area contributed by atoms with E-state index < -0.39 is 22.2 Å². The van der Waals surface area contributed by atoms with Gasteiger partial charge in [0.15, 0.2) is 5.03 Å². The molecule has 0 aliphatic rings. The van der Waals surface area contributed by atoms with Gasteiger partial charge in [-0.25, -0.2) is 18.1 Å². The second-order valence-electron chi connectivity index (χ2n) is 3.45. The Morgan fingerprint density at radius 3 is 2.75 bits per heavy atom. The lowest BCUT2D eigenvalue weighted by Crippen LogP contribution is -2.41. The fourth-order valence-corrected chi connectivity index (χ4v) is 1.96. The molecular weight excluding hydrogens is 230 g/mol. The van der Waals surface area contributed by atoms with Gasteiger partial charge in [-0.05, 0) is 19.1 Å². The maximum absolute atomic E-state index is 11.6. The van der Waals surface area contributed by atoms with Crippen molar-refractivity contribution >= 4 is 10.0 Å². The van der Waals surface area contributed by atoms with Crippen molar-refractivity contribution in [1.29, 1.82) is 0 Å². The first-order chi connectivity index (χ1) is 7.43. The number of nitrogens with one attached hydrogen (secondary N) is 1. The summed E-state index contributed by atoms with van der Waals surface area (Å²) in [6.07, 6.45) is 0.467. The minimum absolute atomic E-state index is 0.0770. The third kappa shape index (κ3) is 3.53. The van der Waals surface area contributed by atoms with E-state index in [9.17, 15) is 13.5 Å². The Morgan fingerprint density at radius 1 is 1.56 bits per heavy atom. The fourth-order valence-electron chi connectivity index (χ4n) is 0.961. The molecule has 4 N–H and O–H groups in total. The van der Waals surface area contributed by atoms with E-state index in [4.69, 9.17) is 5.73 Å². The summed E-state index contributed by atoms with van der Waals surface area (Å²) in [5.74, 6) is 0. The number of aliphatic hydroxyl groups excluding tert-OH is 1.